The van der Waals surface area contributed by atoms with Crippen LogP contribution in [0.4, 0.5) is 5.69 Å². The molecule has 1 heterocycles. The number of rotatable bonds is 5. The minimum atomic E-state index is -0.106. The predicted octanol–water partition coefficient (Wildman–Crippen LogP) is 4.58. The zero-order valence-electron chi connectivity index (χ0n) is 14.8. The normalized spacial score (nSPS) is 10.8. The summed E-state index contributed by atoms with van der Waals surface area (Å²) in [5, 5.41) is 12.6. The Bertz CT molecular complexity index is 937. The van der Waals surface area contributed by atoms with Crippen LogP contribution in [0.25, 0.3) is 5.69 Å². The van der Waals surface area contributed by atoms with Crippen molar-refractivity contribution in [3.63, 3.8) is 0 Å². The van der Waals surface area contributed by atoms with Gasteiger partial charge in [-0.15, -0.1) is 10.2 Å². The van der Waals surface area contributed by atoms with E-state index in [1.54, 1.807) is 24.3 Å². The van der Waals surface area contributed by atoms with Gasteiger partial charge in [0.15, 0.2) is 5.16 Å². The number of thioether (sulfide) groups is 1. The van der Waals surface area contributed by atoms with Gasteiger partial charge >= 0.3 is 0 Å². The third-order valence-electron chi connectivity index (χ3n) is 3.86. The topological polar surface area (TPSA) is 59.8 Å². The molecule has 0 aliphatic heterocycles. The second-order valence-electron chi connectivity index (χ2n) is 6.00. The molecule has 0 saturated heterocycles. The fourth-order valence-corrected chi connectivity index (χ4v) is 3.45. The van der Waals surface area contributed by atoms with E-state index in [-0.39, 0.29) is 11.7 Å². The van der Waals surface area contributed by atoms with Crippen LogP contribution in [0.5, 0.6) is 0 Å². The number of hydrogen-bond acceptors (Lipinski definition) is 4. The number of nitrogens with one attached hydrogen (secondary N) is 1. The summed E-state index contributed by atoms with van der Waals surface area (Å²) in [5.41, 5.74) is 4.04. The maximum Gasteiger partial charge on any atom is 0.234 e. The molecular formula is C19H19ClN4OS. The van der Waals surface area contributed by atoms with Crippen molar-refractivity contribution >= 4 is 35.0 Å². The number of halogens is 1. The van der Waals surface area contributed by atoms with Gasteiger partial charge in [0.2, 0.25) is 5.91 Å². The number of amides is 1. The summed E-state index contributed by atoms with van der Waals surface area (Å²) in [4.78, 5) is 12.2. The SMILES string of the molecule is Cc1ccc(C)c(-n2c(C)nnc2SCC(=O)Nc2ccc(Cl)cc2)c1. The number of carbonyl (C=O) groups is 1. The molecule has 134 valence electrons. The zero-order valence-corrected chi connectivity index (χ0v) is 16.4. The molecule has 3 aromatic rings. The first kappa shape index (κ1) is 18.5. The number of hydrogen-bond donors (Lipinski definition) is 1. The highest BCUT2D eigenvalue weighted by Gasteiger charge is 2.15. The van der Waals surface area contributed by atoms with Crippen LogP contribution in [0.1, 0.15) is 17.0 Å². The van der Waals surface area contributed by atoms with Gasteiger partial charge in [0, 0.05) is 10.7 Å². The maximum absolute atomic E-state index is 12.2. The lowest BCUT2D eigenvalue weighted by Gasteiger charge is -2.12. The van der Waals surface area contributed by atoms with Crippen LogP contribution in [-0.4, -0.2) is 26.4 Å². The molecule has 1 aromatic heterocycles. The first-order valence-corrected chi connectivity index (χ1v) is 9.48. The lowest BCUT2D eigenvalue weighted by molar-refractivity contribution is -0.113. The van der Waals surface area contributed by atoms with Crippen molar-refractivity contribution in [2.75, 3.05) is 11.1 Å². The van der Waals surface area contributed by atoms with Crippen molar-refractivity contribution in [1.82, 2.24) is 14.8 Å². The lowest BCUT2D eigenvalue weighted by Crippen LogP contribution is -2.14. The van der Waals surface area contributed by atoms with Crippen molar-refractivity contribution < 1.29 is 4.79 Å². The highest BCUT2D eigenvalue weighted by Crippen LogP contribution is 2.25. The monoisotopic (exact) mass is 386 g/mol. The summed E-state index contributed by atoms with van der Waals surface area (Å²) >= 11 is 7.22. The zero-order chi connectivity index (χ0) is 18.7. The molecule has 0 aliphatic rings. The van der Waals surface area contributed by atoms with Crippen molar-refractivity contribution in [3.05, 3.63) is 64.4 Å². The van der Waals surface area contributed by atoms with Gasteiger partial charge in [-0.05, 0) is 62.2 Å². The van der Waals surface area contributed by atoms with Gasteiger partial charge < -0.3 is 5.32 Å². The molecule has 0 atom stereocenters. The first-order valence-electron chi connectivity index (χ1n) is 8.12. The van der Waals surface area contributed by atoms with Crippen molar-refractivity contribution in [1.29, 1.82) is 0 Å². The molecule has 0 fully saturated rings. The average Bonchev–Trinajstić information content (AvgIpc) is 2.98. The number of aryl methyl sites for hydroxylation is 3. The van der Waals surface area contributed by atoms with E-state index in [0.29, 0.717) is 15.9 Å². The second-order valence-corrected chi connectivity index (χ2v) is 7.38. The van der Waals surface area contributed by atoms with Crippen LogP contribution in [0.2, 0.25) is 5.02 Å². The molecule has 0 aliphatic carbocycles. The van der Waals surface area contributed by atoms with Gasteiger partial charge in [-0.25, -0.2) is 0 Å². The number of benzene rings is 2. The Labute approximate surface area is 161 Å². The molecule has 0 unspecified atom stereocenters. The van der Waals surface area contributed by atoms with Crippen molar-refractivity contribution in [3.8, 4) is 5.69 Å². The molecule has 0 saturated carbocycles. The molecule has 0 radical (unpaired) electrons. The molecule has 1 amide bonds. The standard InChI is InChI=1S/C19H19ClN4OS/c1-12-4-5-13(2)17(10-12)24-14(3)22-23-19(24)26-11-18(25)21-16-8-6-15(20)7-9-16/h4-10H,11H2,1-3H3,(H,21,25). The molecule has 3 rings (SSSR count). The number of anilines is 1. The van der Waals surface area contributed by atoms with E-state index >= 15 is 0 Å². The molecule has 2 aromatic carbocycles. The molecule has 0 spiro atoms. The fraction of sp³-hybridized carbons (Fsp3) is 0.211. The average molecular weight is 387 g/mol. The predicted molar refractivity (Wildman–Crippen MR) is 106 cm³/mol. The summed E-state index contributed by atoms with van der Waals surface area (Å²) in [6.45, 7) is 6.01. The van der Waals surface area contributed by atoms with Crippen LogP contribution in [0.15, 0.2) is 47.6 Å². The van der Waals surface area contributed by atoms with E-state index in [2.05, 4.69) is 47.6 Å². The third-order valence-corrected chi connectivity index (χ3v) is 5.04. The van der Waals surface area contributed by atoms with Crippen LogP contribution in [0.3, 0.4) is 0 Å². The quantitative estimate of drug-likeness (QED) is 0.652. The Morgan fingerprint density at radius 3 is 2.58 bits per heavy atom. The highest BCUT2D eigenvalue weighted by molar-refractivity contribution is 7.99. The minimum Gasteiger partial charge on any atom is -0.325 e. The molecule has 1 N–H and O–H groups in total. The van der Waals surface area contributed by atoms with Crippen LogP contribution in [0, 0.1) is 20.8 Å². The van der Waals surface area contributed by atoms with Gasteiger partial charge in [-0.3, -0.25) is 9.36 Å². The summed E-state index contributed by atoms with van der Waals surface area (Å²) in [7, 11) is 0. The molecule has 7 heteroatoms. The van der Waals surface area contributed by atoms with Gasteiger partial charge in [0.05, 0.1) is 11.4 Å². The van der Waals surface area contributed by atoms with Gasteiger partial charge in [0.25, 0.3) is 0 Å². The summed E-state index contributed by atoms with van der Waals surface area (Å²) < 4.78 is 1.99. The summed E-state index contributed by atoms with van der Waals surface area (Å²) in [6, 6.07) is 13.3. The van der Waals surface area contributed by atoms with Crippen molar-refractivity contribution in [2.45, 2.75) is 25.9 Å². The van der Waals surface area contributed by atoms with Crippen LogP contribution >= 0.6 is 23.4 Å². The Morgan fingerprint density at radius 2 is 1.85 bits per heavy atom. The number of nitrogens with zero attached hydrogens (tertiary/aromatic N) is 3. The van der Waals surface area contributed by atoms with E-state index in [9.17, 15) is 4.79 Å². The van der Waals surface area contributed by atoms with E-state index in [0.717, 1.165) is 22.6 Å². The Hall–Kier alpha value is -2.31. The molecule has 26 heavy (non-hydrogen) atoms. The van der Waals surface area contributed by atoms with Gasteiger partial charge in [-0.1, -0.05) is 35.5 Å². The molecule has 5 nitrogen and oxygen atoms in total. The summed E-state index contributed by atoms with van der Waals surface area (Å²) in [5.74, 6) is 0.927. The van der Waals surface area contributed by atoms with Crippen molar-refractivity contribution in [2.24, 2.45) is 0 Å². The van der Waals surface area contributed by atoms with E-state index in [4.69, 9.17) is 11.6 Å². The smallest absolute Gasteiger partial charge is 0.234 e. The third kappa shape index (κ3) is 4.26. The highest BCUT2D eigenvalue weighted by atomic mass is 35.5. The van der Waals surface area contributed by atoms with E-state index < -0.39 is 0 Å². The molecular weight excluding hydrogens is 368 g/mol. The second kappa shape index (κ2) is 7.93. The van der Waals surface area contributed by atoms with Gasteiger partial charge in [0.1, 0.15) is 5.82 Å². The van der Waals surface area contributed by atoms with E-state index in [1.807, 2.05) is 11.5 Å². The van der Waals surface area contributed by atoms with Crippen LogP contribution in [-0.2, 0) is 4.79 Å². The Balaban J connectivity index is 1.74. The summed E-state index contributed by atoms with van der Waals surface area (Å²) in [6.07, 6.45) is 0. The lowest BCUT2D eigenvalue weighted by atomic mass is 10.1. The first-order chi connectivity index (χ1) is 12.4. The Morgan fingerprint density at radius 1 is 1.12 bits per heavy atom. The maximum atomic E-state index is 12.2. The molecule has 0 bridgehead atoms. The fourth-order valence-electron chi connectivity index (χ4n) is 2.53. The number of carbonyl (C=O) groups excluding carboxylic acids is 1. The van der Waals surface area contributed by atoms with E-state index in [1.165, 1.54) is 11.8 Å². The largest absolute Gasteiger partial charge is 0.325 e. The van der Waals surface area contributed by atoms with Crippen LogP contribution < -0.4 is 5.32 Å². The van der Waals surface area contributed by atoms with Gasteiger partial charge in [-0.2, -0.15) is 0 Å². The Kier molecular flexibility index (Phi) is 5.64. The minimum absolute atomic E-state index is 0.106. The number of aromatic nitrogens is 3.